The Balaban J connectivity index is 1.55. The van der Waals surface area contributed by atoms with Crippen LogP contribution in [0.15, 0.2) is 66.9 Å². The number of benzene rings is 2. The second-order valence-electron chi connectivity index (χ2n) is 10.7. The second-order valence-corrected chi connectivity index (χ2v) is 11.1. The zero-order valence-electron chi connectivity index (χ0n) is 23.5. The lowest BCUT2D eigenvalue weighted by Crippen LogP contribution is -2.54. The van der Waals surface area contributed by atoms with Crippen molar-refractivity contribution in [3.05, 3.63) is 83.0 Å². The molecule has 5 rings (SSSR count). The van der Waals surface area contributed by atoms with Gasteiger partial charge in [-0.3, -0.25) is 24.2 Å². The zero-order valence-corrected chi connectivity index (χ0v) is 24.3. The summed E-state index contributed by atoms with van der Waals surface area (Å²) in [7, 11) is 0. The number of rotatable bonds is 10. The average molecular weight is 644 g/mol. The fourth-order valence-electron chi connectivity index (χ4n) is 5.56. The molecule has 1 aliphatic carbocycles. The third-order valence-electron chi connectivity index (χ3n) is 7.59. The number of halogens is 5. The first-order chi connectivity index (χ1) is 21.5. The fourth-order valence-corrected chi connectivity index (χ4v) is 5.79. The number of carbonyl (C=O) groups is 3. The first-order valence-electron chi connectivity index (χ1n) is 13.9. The van der Waals surface area contributed by atoms with Gasteiger partial charge in [0.1, 0.15) is 17.6 Å². The van der Waals surface area contributed by atoms with E-state index < -0.39 is 55.3 Å². The van der Waals surface area contributed by atoms with Crippen LogP contribution in [-0.4, -0.2) is 47.3 Å². The molecule has 1 aromatic heterocycles. The van der Waals surface area contributed by atoms with E-state index >= 15 is 0 Å². The van der Waals surface area contributed by atoms with Crippen LogP contribution in [0.2, 0.25) is 5.02 Å². The molecule has 0 spiro atoms. The number of nitrogens with zero attached hydrogens (tertiary/aromatic N) is 4. The second kappa shape index (κ2) is 13.1. The van der Waals surface area contributed by atoms with E-state index in [0.29, 0.717) is 0 Å². The lowest BCUT2D eigenvalue weighted by atomic mass is 9.87. The van der Waals surface area contributed by atoms with Gasteiger partial charge in [-0.2, -0.15) is 14.0 Å². The number of amides is 3. The molecule has 14 heteroatoms. The van der Waals surface area contributed by atoms with E-state index in [1.54, 1.807) is 12.1 Å². The number of aromatic nitrogens is 1. The quantitative estimate of drug-likeness (QED) is 0.280. The van der Waals surface area contributed by atoms with Gasteiger partial charge in [0.05, 0.1) is 11.6 Å². The van der Waals surface area contributed by atoms with Crippen molar-refractivity contribution in [2.75, 3.05) is 9.80 Å². The van der Waals surface area contributed by atoms with Gasteiger partial charge in [-0.05, 0) is 36.8 Å². The van der Waals surface area contributed by atoms with E-state index in [1.807, 2.05) is 6.07 Å². The van der Waals surface area contributed by atoms with Crippen molar-refractivity contribution in [3.8, 4) is 11.8 Å². The summed E-state index contributed by atoms with van der Waals surface area (Å²) in [4.78, 5) is 47.7. The van der Waals surface area contributed by atoms with Crippen LogP contribution >= 0.6 is 11.6 Å². The summed E-state index contributed by atoms with van der Waals surface area (Å²) >= 11 is 6.50. The van der Waals surface area contributed by atoms with Crippen LogP contribution < -0.4 is 19.9 Å². The molecule has 1 saturated heterocycles. The SMILES string of the molecule is N#Cc1ccnc(N2C(=O)CC[C@H]2CC(=O)N(c2cccc(OC(F)F)c2)[C@H](C(=O)NC2CC(F)(F)C2)c2ccccc2Cl)c1. The third kappa shape index (κ3) is 7.17. The van der Waals surface area contributed by atoms with Gasteiger partial charge in [0.15, 0.2) is 0 Å². The van der Waals surface area contributed by atoms with Gasteiger partial charge in [0, 0.05) is 66.3 Å². The van der Waals surface area contributed by atoms with Gasteiger partial charge in [-0.25, -0.2) is 13.8 Å². The number of nitriles is 1. The van der Waals surface area contributed by atoms with Crippen molar-refractivity contribution in [2.24, 2.45) is 0 Å². The molecule has 234 valence electrons. The minimum atomic E-state index is -3.18. The van der Waals surface area contributed by atoms with Crippen LogP contribution in [0.25, 0.3) is 0 Å². The maximum Gasteiger partial charge on any atom is 0.387 e. The molecule has 1 aliphatic heterocycles. The smallest absolute Gasteiger partial charge is 0.387 e. The van der Waals surface area contributed by atoms with Gasteiger partial charge >= 0.3 is 6.61 Å². The molecular weight excluding hydrogens is 618 g/mol. The molecule has 3 amide bonds. The van der Waals surface area contributed by atoms with Gasteiger partial charge < -0.3 is 10.1 Å². The average Bonchev–Trinajstić information content (AvgIpc) is 3.34. The Morgan fingerprint density at radius 1 is 1.16 bits per heavy atom. The molecule has 0 unspecified atom stereocenters. The van der Waals surface area contributed by atoms with Crippen molar-refractivity contribution in [1.29, 1.82) is 5.26 Å². The maximum atomic E-state index is 14.3. The topological polar surface area (TPSA) is 116 Å². The summed E-state index contributed by atoms with van der Waals surface area (Å²) in [6.07, 6.45) is 0.159. The van der Waals surface area contributed by atoms with Crippen molar-refractivity contribution in [1.82, 2.24) is 10.3 Å². The lowest BCUT2D eigenvalue weighted by molar-refractivity contribution is -0.133. The van der Waals surface area contributed by atoms with E-state index in [2.05, 4.69) is 15.0 Å². The monoisotopic (exact) mass is 643 g/mol. The number of ether oxygens (including phenoxy) is 1. The van der Waals surface area contributed by atoms with Crippen LogP contribution in [0.3, 0.4) is 0 Å². The highest BCUT2D eigenvalue weighted by atomic mass is 35.5. The highest BCUT2D eigenvalue weighted by Gasteiger charge is 2.47. The summed E-state index contributed by atoms with van der Waals surface area (Å²) in [6, 6.07) is 13.0. The molecule has 0 bridgehead atoms. The predicted octanol–water partition coefficient (Wildman–Crippen LogP) is 5.78. The van der Waals surface area contributed by atoms with E-state index in [4.69, 9.17) is 11.6 Å². The summed E-state index contributed by atoms with van der Waals surface area (Å²) in [6.45, 7) is -3.18. The van der Waals surface area contributed by atoms with Gasteiger partial charge in [-0.15, -0.1) is 0 Å². The van der Waals surface area contributed by atoms with Crippen LogP contribution in [0.5, 0.6) is 5.75 Å². The number of hydrogen-bond acceptors (Lipinski definition) is 6. The Kier molecular flexibility index (Phi) is 9.24. The molecule has 1 N–H and O–H groups in total. The van der Waals surface area contributed by atoms with Crippen molar-refractivity contribution in [2.45, 2.75) is 62.8 Å². The van der Waals surface area contributed by atoms with Crippen molar-refractivity contribution in [3.63, 3.8) is 0 Å². The Morgan fingerprint density at radius 3 is 2.60 bits per heavy atom. The zero-order chi connectivity index (χ0) is 32.3. The predicted molar refractivity (Wildman–Crippen MR) is 155 cm³/mol. The van der Waals surface area contributed by atoms with E-state index in [9.17, 15) is 37.2 Å². The molecule has 45 heavy (non-hydrogen) atoms. The lowest BCUT2D eigenvalue weighted by Gasteiger charge is -2.38. The molecule has 2 heterocycles. The molecule has 2 aliphatic rings. The van der Waals surface area contributed by atoms with Gasteiger partial charge in [0.25, 0.3) is 5.92 Å². The summed E-state index contributed by atoms with van der Waals surface area (Å²) < 4.78 is 58.1. The third-order valence-corrected chi connectivity index (χ3v) is 7.93. The van der Waals surface area contributed by atoms with Crippen molar-refractivity contribution >= 4 is 40.8 Å². The van der Waals surface area contributed by atoms with Gasteiger partial charge in [0.2, 0.25) is 17.7 Å². The number of anilines is 2. The Hall–Kier alpha value is -4.70. The molecule has 2 aromatic carbocycles. The largest absolute Gasteiger partial charge is 0.435 e. The molecular formula is C31H26ClF4N5O4. The van der Waals surface area contributed by atoms with Crippen LogP contribution in [0.4, 0.5) is 29.1 Å². The Bertz CT molecular complexity index is 1640. The van der Waals surface area contributed by atoms with E-state index in [-0.39, 0.29) is 58.6 Å². The normalized spacial score (nSPS) is 18.2. The molecule has 1 saturated carbocycles. The highest BCUT2D eigenvalue weighted by Crippen LogP contribution is 2.40. The first-order valence-corrected chi connectivity index (χ1v) is 14.3. The molecule has 2 atom stereocenters. The molecule has 3 aromatic rings. The summed E-state index contributed by atoms with van der Waals surface area (Å²) in [5, 5.41) is 12.0. The minimum Gasteiger partial charge on any atom is -0.435 e. The summed E-state index contributed by atoms with van der Waals surface area (Å²) in [5.41, 5.74) is 0.385. The molecule has 0 radical (unpaired) electrons. The van der Waals surface area contributed by atoms with Crippen LogP contribution in [0, 0.1) is 11.3 Å². The molecule has 9 nitrogen and oxygen atoms in total. The number of alkyl halides is 4. The first kappa shape index (κ1) is 31.7. The maximum absolute atomic E-state index is 14.3. The molecule has 2 fully saturated rings. The highest BCUT2D eigenvalue weighted by molar-refractivity contribution is 6.31. The Morgan fingerprint density at radius 2 is 1.91 bits per heavy atom. The Labute approximate surface area is 260 Å². The minimum absolute atomic E-state index is 0.0161. The fraction of sp³-hybridized carbons (Fsp3) is 0.323. The van der Waals surface area contributed by atoms with E-state index in [1.165, 1.54) is 53.6 Å². The number of nitrogens with one attached hydrogen (secondary N) is 1. The number of hydrogen-bond donors (Lipinski definition) is 1. The number of carbonyl (C=O) groups excluding carboxylic acids is 3. The van der Waals surface area contributed by atoms with Crippen LogP contribution in [-0.2, 0) is 14.4 Å². The standard InChI is InChI=1S/C31H26ClF4N5O4/c32-24-7-2-1-6-23(24)28(29(44)39-19-15-31(35,36)16-19)41(20-4-3-5-22(13-20)45-30(33)34)27(43)14-21-8-9-26(42)40(21)25-12-18(17-37)10-11-38-25/h1-7,10-13,19,21,28,30H,8-9,14-16H2,(H,39,44)/t21-,28-/m0/s1. The van der Waals surface area contributed by atoms with Crippen molar-refractivity contribution < 1.29 is 36.7 Å². The van der Waals surface area contributed by atoms with Crippen LogP contribution in [0.1, 0.15) is 49.3 Å². The number of pyridine rings is 1. The van der Waals surface area contributed by atoms with Gasteiger partial charge in [-0.1, -0.05) is 35.9 Å². The van der Waals surface area contributed by atoms with E-state index in [0.717, 1.165) is 11.0 Å². The summed E-state index contributed by atoms with van der Waals surface area (Å²) in [5.74, 6) is -4.93.